The molecule has 2 aromatic heterocycles. The summed E-state index contributed by atoms with van der Waals surface area (Å²) in [4.78, 5) is 15.0. The van der Waals surface area contributed by atoms with Crippen molar-refractivity contribution in [2.45, 2.75) is 0 Å². The van der Waals surface area contributed by atoms with Gasteiger partial charge in [0.25, 0.3) is 5.91 Å². The molecule has 0 saturated carbocycles. The average Bonchev–Trinajstić information content (AvgIpc) is 2.65. The molecule has 0 fully saturated rings. The van der Waals surface area contributed by atoms with Gasteiger partial charge in [-0.2, -0.15) is 5.10 Å². The standard InChI is InChI=1S/C9H8BrN5O/c10-5-3-13-15(4-5)9-6(11)1-2-7(14-9)8(12)16/h1-4H,11H2,(H2,12,16). The van der Waals surface area contributed by atoms with Crippen LogP contribution >= 0.6 is 15.9 Å². The molecule has 0 atom stereocenters. The SMILES string of the molecule is NC(=O)c1ccc(N)c(-n2cc(Br)cn2)n1. The molecule has 2 rings (SSSR count). The Labute approximate surface area is 99.4 Å². The third-order valence-electron chi connectivity index (χ3n) is 1.93. The molecule has 0 aliphatic heterocycles. The van der Waals surface area contributed by atoms with Crippen LogP contribution in [-0.4, -0.2) is 20.7 Å². The molecule has 0 aliphatic carbocycles. The Morgan fingerprint density at radius 2 is 2.19 bits per heavy atom. The highest BCUT2D eigenvalue weighted by atomic mass is 79.9. The van der Waals surface area contributed by atoms with Gasteiger partial charge in [0.15, 0.2) is 5.82 Å². The van der Waals surface area contributed by atoms with E-state index in [1.165, 1.54) is 10.7 Å². The quantitative estimate of drug-likeness (QED) is 0.847. The number of hydrogen-bond acceptors (Lipinski definition) is 4. The lowest BCUT2D eigenvalue weighted by atomic mass is 10.3. The molecule has 0 bridgehead atoms. The van der Waals surface area contributed by atoms with Crippen molar-refractivity contribution in [3.8, 4) is 5.82 Å². The van der Waals surface area contributed by atoms with Crippen molar-refractivity contribution >= 4 is 27.5 Å². The van der Waals surface area contributed by atoms with Crippen LogP contribution in [0, 0.1) is 0 Å². The summed E-state index contributed by atoms with van der Waals surface area (Å²) in [5.74, 6) is -0.227. The van der Waals surface area contributed by atoms with Gasteiger partial charge >= 0.3 is 0 Å². The van der Waals surface area contributed by atoms with Crippen molar-refractivity contribution in [2.24, 2.45) is 5.73 Å². The van der Waals surface area contributed by atoms with E-state index in [-0.39, 0.29) is 5.69 Å². The summed E-state index contributed by atoms with van der Waals surface area (Å²) in [5, 5.41) is 4.02. The minimum absolute atomic E-state index is 0.149. The van der Waals surface area contributed by atoms with E-state index in [0.29, 0.717) is 11.5 Å². The highest BCUT2D eigenvalue weighted by Gasteiger charge is 2.09. The first kappa shape index (κ1) is 10.6. The Bertz CT molecular complexity index is 551. The van der Waals surface area contributed by atoms with Crippen LogP contribution in [0.5, 0.6) is 0 Å². The summed E-state index contributed by atoms with van der Waals surface area (Å²) in [5.41, 5.74) is 11.4. The van der Waals surface area contributed by atoms with Gasteiger partial charge in [-0.3, -0.25) is 4.79 Å². The number of amides is 1. The maximum absolute atomic E-state index is 11.0. The molecule has 1 amide bonds. The highest BCUT2D eigenvalue weighted by Crippen LogP contribution is 2.16. The van der Waals surface area contributed by atoms with Crippen LogP contribution in [0.3, 0.4) is 0 Å². The minimum atomic E-state index is -0.604. The molecule has 4 N–H and O–H groups in total. The summed E-state index contributed by atoms with van der Waals surface area (Å²) in [6, 6.07) is 3.04. The molecular formula is C9H8BrN5O. The van der Waals surface area contributed by atoms with E-state index in [2.05, 4.69) is 26.0 Å². The summed E-state index contributed by atoms with van der Waals surface area (Å²) in [6.45, 7) is 0. The third kappa shape index (κ3) is 1.89. The van der Waals surface area contributed by atoms with Gasteiger partial charge in [-0.05, 0) is 28.1 Å². The molecule has 2 aromatic rings. The van der Waals surface area contributed by atoms with E-state index >= 15 is 0 Å². The van der Waals surface area contributed by atoms with E-state index < -0.39 is 5.91 Å². The van der Waals surface area contributed by atoms with Crippen molar-refractivity contribution in [3.05, 3.63) is 34.7 Å². The number of carbonyl (C=O) groups excluding carboxylic acids is 1. The predicted molar refractivity (Wildman–Crippen MR) is 62.0 cm³/mol. The van der Waals surface area contributed by atoms with E-state index in [4.69, 9.17) is 11.5 Å². The Balaban J connectivity index is 2.55. The van der Waals surface area contributed by atoms with Gasteiger partial charge in [-0.15, -0.1) is 0 Å². The van der Waals surface area contributed by atoms with Crippen LogP contribution in [0.25, 0.3) is 5.82 Å². The second kappa shape index (κ2) is 3.93. The largest absolute Gasteiger partial charge is 0.396 e. The molecule has 0 spiro atoms. The normalized spacial score (nSPS) is 10.3. The van der Waals surface area contributed by atoms with Crippen LogP contribution in [0.1, 0.15) is 10.5 Å². The zero-order chi connectivity index (χ0) is 11.7. The van der Waals surface area contributed by atoms with E-state index in [1.807, 2.05) is 0 Å². The first-order valence-electron chi connectivity index (χ1n) is 4.35. The number of halogens is 1. The third-order valence-corrected chi connectivity index (χ3v) is 2.34. The topological polar surface area (TPSA) is 99.8 Å². The van der Waals surface area contributed by atoms with Crippen LogP contribution in [0.15, 0.2) is 29.0 Å². The monoisotopic (exact) mass is 281 g/mol. The highest BCUT2D eigenvalue weighted by molar-refractivity contribution is 9.10. The number of hydrogen-bond donors (Lipinski definition) is 2. The van der Waals surface area contributed by atoms with Crippen LogP contribution in [-0.2, 0) is 0 Å². The number of primary amides is 1. The number of nitrogen functional groups attached to an aromatic ring is 1. The zero-order valence-corrected chi connectivity index (χ0v) is 9.68. The fourth-order valence-electron chi connectivity index (χ4n) is 1.20. The van der Waals surface area contributed by atoms with Gasteiger partial charge in [0, 0.05) is 6.20 Å². The van der Waals surface area contributed by atoms with Gasteiger partial charge in [-0.1, -0.05) is 0 Å². The average molecular weight is 282 g/mol. The van der Waals surface area contributed by atoms with Crippen molar-refractivity contribution in [1.82, 2.24) is 14.8 Å². The molecule has 16 heavy (non-hydrogen) atoms. The lowest BCUT2D eigenvalue weighted by Gasteiger charge is -2.05. The Hall–Kier alpha value is -1.89. The van der Waals surface area contributed by atoms with Gasteiger partial charge in [-0.25, -0.2) is 9.67 Å². The lowest BCUT2D eigenvalue weighted by molar-refractivity contribution is 0.0995. The fourth-order valence-corrected chi connectivity index (χ4v) is 1.48. The first-order valence-corrected chi connectivity index (χ1v) is 5.14. The molecule has 0 saturated heterocycles. The number of pyridine rings is 1. The van der Waals surface area contributed by atoms with E-state index in [1.54, 1.807) is 18.5 Å². The number of rotatable bonds is 2. The fraction of sp³-hybridized carbons (Fsp3) is 0. The van der Waals surface area contributed by atoms with E-state index in [0.717, 1.165) is 4.47 Å². The molecule has 82 valence electrons. The second-order valence-corrected chi connectivity index (χ2v) is 3.99. The van der Waals surface area contributed by atoms with Gasteiger partial charge in [0.2, 0.25) is 0 Å². The molecule has 0 unspecified atom stereocenters. The lowest BCUT2D eigenvalue weighted by Crippen LogP contribution is -2.15. The van der Waals surface area contributed by atoms with Crippen molar-refractivity contribution in [2.75, 3.05) is 5.73 Å². The summed E-state index contributed by atoms with van der Waals surface area (Å²) < 4.78 is 2.25. The van der Waals surface area contributed by atoms with Crippen LogP contribution < -0.4 is 11.5 Å². The van der Waals surface area contributed by atoms with E-state index in [9.17, 15) is 4.79 Å². The Morgan fingerprint density at radius 3 is 2.75 bits per heavy atom. The van der Waals surface area contributed by atoms with Crippen LogP contribution in [0.4, 0.5) is 5.69 Å². The number of aromatic nitrogens is 3. The number of carbonyl (C=O) groups is 1. The summed E-state index contributed by atoms with van der Waals surface area (Å²) in [7, 11) is 0. The minimum Gasteiger partial charge on any atom is -0.396 e. The van der Waals surface area contributed by atoms with Gasteiger partial charge in [0.05, 0.1) is 16.4 Å². The number of anilines is 1. The van der Waals surface area contributed by atoms with Crippen LogP contribution in [0.2, 0.25) is 0 Å². The van der Waals surface area contributed by atoms with Crippen molar-refractivity contribution < 1.29 is 4.79 Å². The maximum atomic E-state index is 11.0. The summed E-state index contributed by atoms with van der Waals surface area (Å²) in [6.07, 6.45) is 3.28. The molecule has 2 heterocycles. The zero-order valence-electron chi connectivity index (χ0n) is 8.09. The molecular weight excluding hydrogens is 274 g/mol. The number of nitrogens with two attached hydrogens (primary N) is 2. The molecule has 0 aromatic carbocycles. The predicted octanol–water partition coefficient (Wildman–Crippen LogP) is 0.711. The second-order valence-electron chi connectivity index (χ2n) is 3.08. The smallest absolute Gasteiger partial charge is 0.267 e. The molecule has 7 heteroatoms. The van der Waals surface area contributed by atoms with Gasteiger partial charge in [0.1, 0.15) is 5.69 Å². The van der Waals surface area contributed by atoms with Crippen molar-refractivity contribution in [1.29, 1.82) is 0 Å². The molecule has 0 aliphatic rings. The van der Waals surface area contributed by atoms with Crippen molar-refractivity contribution in [3.63, 3.8) is 0 Å². The Morgan fingerprint density at radius 1 is 1.44 bits per heavy atom. The van der Waals surface area contributed by atoms with Gasteiger partial charge < -0.3 is 11.5 Å². The Kier molecular flexibility index (Phi) is 2.61. The molecule has 0 radical (unpaired) electrons. The first-order chi connectivity index (χ1) is 7.58. The maximum Gasteiger partial charge on any atom is 0.267 e. The molecule has 6 nitrogen and oxygen atoms in total. The summed E-state index contributed by atoms with van der Waals surface area (Å²) >= 11 is 3.26. The number of nitrogens with zero attached hydrogens (tertiary/aromatic N) is 3.